The molecule has 0 atom stereocenters. The van der Waals surface area contributed by atoms with E-state index >= 15 is 0 Å². The molecule has 0 saturated carbocycles. The molecule has 2 heterocycles. The van der Waals surface area contributed by atoms with E-state index in [9.17, 15) is 59.8 Å². The second kappa shape index (κ2) is 32.7. The van der Waals surface area contributed by atoms with Crippen LogP contribution in [0.3, 0.4) is 0 Å². The summed E-state index contributed by atoms with van der Waals surface area (Å²) in [5.74, 6) is -4.99. The number of hydrogen-bond donors (Lipinski definition) is 0. The Hall–Kier alpha value is -7.92. The lowest BCUT2D eigenvalue weighted by Gasteiger charge is -2.28. The van der Waals surface area contributed by atoms with Gasteiger partial charge in [0.15, 0.2) is 10.3 Å². The molecule has 0 unspecified atom stereocenters. The molecule has 12 nitrogen and oxygen atoms in total. The highest BCUT2D eigenvalue weighted by atomic mass is 32.2. The van der Waals surface area contributed by atoms with Crippen LogP contribution in [0.25, 0.3) is 22.3 Å². The normalized spacial score (nSPS) is 20.7. The molecule has 8 aromatic rings. The number of rotatable bonds is 26. The molecule has 6 aromatic carbocycles. The van der Waals surface area contributed by atoms with Gasteiger partial charge in [-0.25, -0.2) is 8.78 Å². The van der Waals surface area contributed by atoms with Gasteiger partial charge in [-0.3, -0.25) is 19.2 Å². The lowest BCUT2D eigenvalue weighted by molar-refractivity contribution is -0.138. The summed E-state index contributed by atoms with van der Waals surface area (Å²) in [4.78, 5) is 66.1. The van der Waals surface area contributed by atoms with Crippen LogP contribution < -0.4 is 11.1 Å². The SMILES string of the molecule is [2H]c1c([2H])c(C([2H])([2H])N(CCN(C([2H])([2H])C)C([2H])([2H])C)C(=O)Cn2c(SC([2H])([2H])c3ccc(F)cc3)nc(=O)c3c2C([2H])([2H])C([2H])([2H])C3([2H])[2H])c([2H])c([2H])c1-c1c([2H])c([2H])c(C(F)(F)F)c(C)c1[2H].[2H]c1c([2H])c(C([2H])([2H])Sc2nc(=O)c3c(n2CC(=O)N(CCN(C([2H])([2H])C)C([2H])([2H])C)C([2H])([2H])c2ccc(-c4ccc(C(F)(F)F)cc4)cc2)CCC3)c([2H])c([2H])c1F. The van der Waals surface area contributed by atoms with E-state index < -0.39 is 283 Å². The molecule has 0 bridgehead atoms. The van der Waals surface area contributed by atoms with Crippen LogP contribution in [0.4, 0.5) is 35.1 Å². The Bertz CT molecular complexity index is 5680. The molecular weight excluding hydrogens is 1270 g/mol. The largest absolute Gasteiger partial charge is 0.416 e. The topological polar surface area (TPSA) is 117 Å². The van der Waals surface area contributed by atoms with Gasteiger partial charge in [0.1, 0.15) is 24.7 Å². The van der Waals surface area contributed by atoms with Crippen molar-refractivity contribution in [3.05, 3.63) is 233 Å². The van der Waals surface area contributed by atoms with Crippen molar-refractivity contribution in [2.24, 2.45) is 0 Å². The average molecular weight is 1380 g/mol. The summed E-state index contributed by atoms with van der Waals surface area (Å²) in [6.07, 6.45) is -19.7. The minimum Gasteiger partial charge on any atom is -0.336 e. The number of nitrogens with zero attached hydrogens (tertiary/aromatic N) is 8. The second-order valence-corrected chi connectivity index (χ2v) is 21.8. The van der Waals surface area contributed by atoms with Gasteiger partial charge >= 0.3 is 12.4 Å². The van der Waals surface area contributed by atoms with Gasteiger partial charge in [-0.2, -0.15) is 36.3 Å². The van der Waals surface area contributed by atoms with Gasteiger partial charge in [-0.05, 0) is 164 Å². The number of fused-ring (bicyclic) bond motifs is 2. The van der Waals surface area contributed by atoms with Crippen LogP contribution in [0.1, 0.15) is 147 Å². The number of aromatic nitrogens is 4. The van der Waals surface area contributed by atoms with E-state index in [4.69, 9.17) is 39.8 Å². The zero-order valence-electron chi connectivity index (χ0n) is 83.8. The van der Waals surface area contributed by atoms with Crippen molar-refractivity contribution in [2.45, 2.75) is 133 Å². The highest BCUT2D eigenvalue weighted by Crippen LogP contribution is 2.36. The number of thioether (sulfide) groups is 2. The molecule has 0 fully saturated rings. The van der Waals surface area contributed by atoms with Crippen LogP contribution in [-0.2, 0) is 85.0 Å². The van der Waals surface area contributed by atoms with Gasteiger partial charge in [0, 0.05) is 97.8 Å². The molecular formula is C73H78F8N8O4S2. The lowest BCUT2D eigenvalue weighted by atomic mass is 9.98. The van der Waals surface area contributed by atoms with Crippen LogP contribution in [-0.4, -0.2) is 103 Å². The quantitative estimate of drug-likeness (QED) is 0.0295. The highest BCUT2D eigenvalue weighted by Gasteiger charge is 2.33. The number of carbonyl (C=O) groups excluding carboxylic acids is 2. The molecule has 2 aromatic heterocycles. The molecule has 0 spiro atoms. The molecule has 22 heteroatoms. The van der Waals surface area contributed by atoms with Crippen molar-refractivity contribution in [1.29, 1.82) is 0 Å². The Balaban J connectivity index is 0.000000292. The molecule has 2 aliphatic rings. The number of hydrogen-bond acceptors (Lipinski definition) is 10. The Kier molecular flexibility index (Phi) is 13.5. The van der Waals surface area contributed by atoms with Crippen LogP contribution in [0.5, 0.6) is 0 Å². The van der Waals surface area contributed by atoms with Gasteiger partial charge < -0.3 is 28.7 Å². The first-order chi connectivity index (χ1) is 58.1. The van der Waals surface area contributed by atoms with Gasteiger partial charge in [-0.15, -0.1) is 0 Å². The maximum atomic E-state index is 15.0. The zero-order chi connectivity index (χ0) is 97.3. The van der Waals surface area contributed by atoms with Crippen molar-refractivity contribution in [3.63, 3.8) is 0 Å². The second-order valence-electron chi connectivity index (χ2n) is 20.2. The highest BCUT2D eigenvalue weighted by molar-refractivity contribution is 7.98. The molecule has 95 heavy (non-hydrogen) atoms. The summed E-state index contributed by atoms with van der Waals surface area (Å²) in [7, 11) is 0. The summed E-state index contributed by atoms with van der Waals surface area (Å²) in [5.41, 5.74) is -17.4. The van der Waals surface area contributed by atoms with E-state index in [-0.39, 0.29) is 63.6 Å². The maximum Gasteiger partial charge on any atom is 0.416 e. The number of alkyl halides is 6. The fourth-order valence-corrected chi connectivity index (χ4v) is 10.8. The summed E-state index contributed by atoms with van der Waals surface area (Å²) in [6.45, 7) is -17.2. The Morgan fingerprint density at radius 3 is 1.59 bits per heavy atom. The van der Waals surface area contributed by atoms with Crippen LogP contribution in [0.2, 0.25) is 0 Å². The van der Waals surface area contributed by atoms with Gasteiger partial charge in [0.25, 0.3) is 11.1 Å². The number of benzene rings is 6. The minimum absolute atomic E-state index is 0.0268. The number of carbonyl (C=O) groups is 2. The van der Waals surface area contributed by atoms with Crippen molar-refractivity contribution < 1.29 is 89.9 Å². The molecule has 2 aliphatic carbocycles. The lowest BCUT2D eigenvalue weighted by Crippen LogP contribution is -2.40. The molecule has 2 amide bonds. The predicted octanol–water partition coefficient (Wildman–Crippen LogP) is 14.7. The molecule has 10 rings (SSSR count). The van der Waals surface area contributed by atoms with Crippen molar-refractivity contribution >= 4 is 35.3 Å². The number of halogens is 8. The fraction of sp³-hybridized carbons (Fsp3) is 0.370. The van der Waals surface area contributed by atoms with E-state index in [1.165, 1.54) is 41.0 Å². The molecule has 0 N–H and O–H groups in total. The van der Waals surface area contributed by atoms with Crippen molar-refractivity contribution in [2.75, 3.05) is 52.2 Å². The van der Waals surface area contributed by atoms with E-state index in [0.29, 0.717) is 27.0 Å². The van der Waals surface area contributed by atoms with Crippen LogP contribution in [0, 0.1) is 18.6 Å². The third-order valence-corrected chi connectivity index (χ3v) is 15.8. The van der Waals surface area contributed by atoms with Gasteiger partial charge in [-0.1, -0.05) is 148 Å². The van der Waals surface area contributed by atoms with E-state index in [1.54, 1.807) is 0 Å². The van der Waals surface area contributed by atoms with Gasteiger partial charge in [0.2, 0.25) is 11.8 Å². The number of amides is 2. The summed E-state index contributed by atoms with van der Waals surface area (Å²) >= 11 is 0.137. The summed E-state index contributed by atoms with van der Waals surface area (Å²) in [5, 5.41) is -1.41. The van der Waals surface area contributed by atoms with E-state index in [2.05, 4.69) is 9.97 Å². The number of likely N-dealkylation sites (N-methyl/N-ethyl adjacent to an activating group) is 2. The monoisotopic (exact) mass is 1380 g/mol. The summed E-state index contributed by atoms with van der Waals surface area (Å²) in [6, 6.07) is -0.211. The maximum absolute atomic E-state index is 15.0. The van der Waals surface area contributed by atoms with Crippen molar-refractivity contribution in [1.82, 2.24) is 38.7 Å². The van der Waals surface area contributed by atoms with E-state index in [1.807, 2.05) is 0 Å². The van der Waals surface area contributed by atoms with Crippen LogP contribution >= 0.6 is 23.5 Å². The first-order valence-electron chi connectivity index (χ1n) is 45.0. The van der Waals surface area contributed by atoms with E-state index in [0.717, 1.165) is 80.8 Å². The first kappa shape index (κ1) is 39.3. The molecule has 0 aliphatic heterocycles. The fourth-order valence-electron chi connectivity index (χ4n) is 9.33. The Morgan fingerprint density at radius 2 is 1.04 bits per heavy atom. The smallest absolute Gasteiger partial charge is 0.336 e. The third-order valence-electron chi connectivity index (χ3n) is 14.1. The molecule has 0 saturated heterocycles. The minimum atomic E-state index is -5.25. The average Bonchev–Trinajstić information content (AvgIpc) is 1.51. The molecule has 0 radical (unpaired) electrons. The predicted molar refractivity (Wildman–Crippen MR) is 358 cm³/mol. The Labute approximate surface area is 603 Å². The first-order valence-corrected chi connectivity index (χ1v) is 30.1. The zero-order valence-corrected chi connectivity index (χ0v) is 52.5. The van der Waals surface area contributed by atoms with Crippen LogP contribution in [0.15, 0.2) is 159 Å². The summed E-state index contributed by atoms with van der Waals surface area (Å²) < 4.78 is 394. The standard InChI is InChI=1S/C37H40F4N4O2S.C36H38F4N4O2S/c1-4-43(5-2)19-20-44(22-26-9-13-28(14-10-26)29-15-18-32(25(3)21-29)37(39,40)41)34(46)23-45-33-8-6-7-31(33)35(47)42-36(45)48-24-27-11-16-30(38)17-12-27;1-3-42(4-2)20-21-43(22-25-8-12-27(13-9-25)28-14-16-29(17-15-28)36(38,39)40)33(45)23-44-32-7-5-6-31(32)34(46)41-35(44)47-24-26-10-18-30(37)19-11-26/h9-18,21H,4-8,19-20,22-24H2,1-3H3;8-19H,3-7,20-24H2,1-2H3/i4D2,5D2,6D2,7D2,8D2,9D,10D,13D,14D,15D,18D,21D,22D2,24D2;3D2,4D2,10D,11D,18D,19D,22D2,24D2. The van der Waals surface area contributed by atoms with Gasteiger partial charge in [0.05, 0.1) is 31.7 Å². The third kappa shape index (κ3) is 19.0. The Morgan fingerprint density at radius 1 is 0.547 bits per heavy atom. The molecule has 502 valence electrons. The van der Waals surface area contributed by atoms with Crippen molar-refractivity contribution in [3.8, 4) is 22.3 Å².